The number of fused-ring (bicyclic) bond motifs is 3. The molecule has 1 aromatic rings. The van der Waals surface area contributed by atoms with Crippen LogP contribution in [0.5, 0.6) is 0 Å². The lowest BCUT2D eigenvalue weighted by Crippen LogP contribution is -2.27. The van der Waals surface area contributed by atoms with Gasteiger partial charge in [0, 0.05) is 28.6 Å². The second-order valence-electron chi connectivity index (χ2n) is 4.36. The molecule has 2 heteroatoms. The average Bonchev–Trinajstić information content (AvgIpc) is 2.70. The highest BCUT2D eigenvalue weighted by Gasteiger charge is 2.44. The first-order valence-corrected chi connectivity index (χ1v) is 6.49. The number of hydrogen-bond acceptors (Lipinski definition) is 1. The quantitative estimate of drug-likeness (QED) is 0.525. The van der Waals surface area contributed by atoms with Gasteiger partial charge in [0.1, 0.15) is 0 Å². The Kier molecular flexibility index (Phi) is 2.01. The first kappa shape index (κ1) is 9.01. The zero-order valence-corrected chi connectivity index (χ0v) is 10.4. The molecule has 14 heavy (non-hydrogen) atoms. The minimum Gasteiger partial charge on any atom is -0.371 e. The Hall–Kier alpha value is -0.250. The number of anilines is 1. The van der Waals surface area contributed by atoms with Gasteiger partial charge in [-0.3, -0.25) is 0 Å². The van der Waals surface area contributed by atoms with E-state index in [0.29, 0.717) is 0 Å². The van der Waals surface area contributed by atoms with E-state index in [2.05, 4.69) is 58.8 Å². The van der Waals surface area contributed by atoms with Crippen LogP contribution in [0.3, 0.4) is 0 Å². The van der Waals surface area contributed by atoms with E-state index in [4.69, 9.17) is 0 Å². The highest BCUT2D eigenvalue weighted by atomic mass is 127. The summed E-state index contributed by atoms with van der Waals surface area (Å²) in [6.45, 7) is 0. The fraction of sp³-hybridized carbons (Fsp3) is 0.500. The molecule has 0 radical (unpaired) electrons. The van der Waals surface area contributed by atoms with Crippen molar-refractivity contribution in [2.45, 2.75) is 28.7 Å². The van der Waals surface area contributed by atoms with E-state index in [1.54, 1.807) is 5.56 Å². The Labute approximate surface area is 98.6 Å². The minimum absolute atomic E-state index is 0.772. The molecule has 0 N–H and O–H groups in total. The van der Waals surface area contributed by atoms with Gasteiger partial charge in [-0.15, -0.1) is 0 Å². The first-order chi connectivity index (χ1) is 6.79. The molecule has 1 nitrogen and oxygen atoms in total. The molecule has 0 bridgehead atoms. The molecule has 0 amide bonds. The van der Waals surface area contributed by atoms with Crippen LogP contribution < -0.4 is 4.90 Å². The number of hydrogen-bond donors (Lipinski definition) is 0. The summed E-state index contributed by atoms with van der Waals surface area (Å²) in [6, 6.07) is 9.68. The zero-order valence-electron chi connectivity index (χ0n) is 8.28. The van der Waals surface area contributed by atoms with Gasteiger partial charge >= 0.3 is 0 Å². The van der Waals surface area contributed by atoms with Gasteiger partial charge in [0.2, 0.25) is 0 Å². The van der Waals surface area contributed by atoms with Crippen molar-refractivity contribution < 1.29 is 0 Å². The van der Waals surface area contributed by atoms with Crippen molar-refractivity contribution in [1.82, 2.24) is 0 Å². The normalized spacial score (nSPS) is 34.4. The van der Waals surface area contributed by atoms with Crippen LogP contribution in [0.4, 0.5) is 5.69 Å². The van der Waals surface area contributed by atoms with Crippen molar-refractivity contribution in [2.75, 3.05) is 11.9 Å². The Bertz CT molecular complexity index is 363. The van der Waals surface area contributed by atoms with Crippen LogP contribution in [0.25, 0.3) is 0 Å². The van der Waals surface area contributed by atoms with Crippen molar-refractivity contribution in [3.8, 4) is 0 Å². The van der Waals surface area contributed by atoms with Crippen LogP contribution in [0, 0.1) is 0 Å². The van der Waals surface area contributed by atoms with Gasteiger partial charge in [0.05, 0.1) is 0 Å². The highest BCUT2D eigenvalue weighted by molar-refractivity contribution is 14.1. The predicted octanol–water partition coefficient (Wildman–Crippen LogP) is 3.19. The van der Waals surface area contributed by atoms with Crippen LogP contribution in [-0.2, 0) is 0 Å². The molecule has 3 atom stereocenters. The predicted molar refractivity (Wildman–Crippen MR) is 68.4 cm³/mol. The maximum absolute atomic E-state index is 2.63. The summed E-state index contributed by atoms with van der Waals surface area (Å²) in [4.78, 5) is 2.48. The van der Waals surface area contributed by atoms with Crippen LogP contribution in [0.15, 0.2) is 24.3 Å². The number of benzene rings is 1. The molecule has 1 aliphatic heterocycles. The lowest BCUT2D eigenvalue weighted by atomic mass is 9.98. The number of rotatable bonds is 0. The Balaban J connectivity index is 2.13. The standard InChI is InChI=1S/C12H14IN/c1-14-10-5-3-2-4-8(10)12-9(13)6-7-11(12)14/h2-5,9,11-12H,6-7H2,1H3. The molecule has 74 valence electrons. The summed E-state index contributed by atoms with van der Waals surface area (Å²) in [5, 5.41) is 0. The Morgan fingerprint density at radius 1 is 1.29 bits per heavy atom. The minimum atomic E-state index is 0.772. The smallest absolute Gasteiger partial charge is 0.0402 e. The van der Waals surface area contributed by atoms with Crippen LogP contribution >= 0.6 is 22.6 Å². The van der Waals surface area contributed by atoms with Crippen molar-refractivity contribution in [1.29, 1.82) is 0 Å². The molecule has 1 heterocycles. The number of alkyl halides is 1. The van der Waals surface area contributed by atoms with Gasteiger partial charge in [0.25, 0.3) is 0 Å². The topological polar surface area (TPSA) is 3.24 Å². The fourth-order valence-corrected chi connectivity index (χ4v) is 4.26. The molecule has 1 aromatic carbocycles. The maximum atomic E-state index is 2.63. The number of likely N-dealkylation sites (N-methyl/N-ethyl adjacent to an activating group) is 1. The molecule has 0 spiro atoms. The third kappa shape index (κ3) is 1.06. The summed E-state index contributed by atoms with van der Waals surface area (Å²) in [7, 11) is 2.25. The lowest BCUT2D eigenvalue weighted by Gasteiger charge is -2.21. The van der Waals surface area contributed by atoms with Crippen LogP contribution in [0.2, 0.25) is 0 Å². The van der Waals surface area contributed by atoms with E-state index in [9.17, 15) is 0 Å². The molecular weight excluding hydrogens is 285 g/mol. The summed E-state index contributed by atoms with van der Waals surface area (Å²) in [5.41, 5.74) is 3.04. The Morgan fingerprint density at radius 3 is 2.93 bits per heavy atom. The third-order valence-corrected chi connectivity index (χ3v) is 5.11. The van der Waals surface area contributed by atoms with Gasteiger partial charge in [-0.1, -0.05) is 40.8 Å². The van der Waals surface area contributed by atoms with E-state index in [0.717, 1.165) is 15.9 Å². The number of para-hydroxylation sites is 1. The molecule has 2 aliphatic rings. The molecule has 0 aromatic heterocycles. The summed E-state index contributed by atoms with van der Waals surface area (Å²) < 4.78 is 0.837. The van der Waals surface area contributed by atoms with Crippen molar-refractivity contribution in [2.24, 2.45) is 0 Å². The highest BCUT2D eigenvalue weighted by Crippen LogP contribution is 2.50. The second kappa shape index (κ2) is 3.12. The van der Waals surface area contributed by atoms with E-state index >= 15 is 0 Å². The number of nitrogens with zero attached hydrogens (tertiary/aromatic N) is 1. The largest absolute Gasteiger partial charge is 0.371 e. The van der Waals surface area contributed by atoms with Gasteiger partial charge in [-0.25, -0.2) is 0 Å². The molecule has 3 unspecified atom stereocenters. The van der Waals surface area contributed by atoms with Gasteiger partial charge < -0.3 is 4.90 Å². The third-order valence-electron chi connectivity index (χ3n) is 3.72. The van der Waals surface area contributed by atoms with E-state index in [1.807, 2.05) is 0 Å². The SMILES string of the molecule is CN1c2ccccc2C2C(I)CCC21. The molecule has 3 rings (SSSR count). The van der Waals surface area contributed by atoms with Crippen molar-refractivity contribution in [3.63, 3.8) is 0 Å². The Morgan fingerprint density at radius 2 is 2.07 bits per heavy atom. The molecule has 0 saturated heterocycles. The first-order valence-electron chi connectivity index (χ1n) is 5.25. The number of halogens is 1. The summed E-state index contributed by atoms with van der Waals surface area (Å²) in [6.07, 6.45) is 2.75. The van der Waals surface area contributed by atoms with Gasteiger partial charge in [0.15, 0.2) is 0 Å². The summed E-state index contributed by atoms with van der Waals surface area (Å²) in [5.74, 6) is 0.789. The molecule has 1 fully saturated rings. The van der Waals surface area contributed by atoms with E-state index in [1.165, 1.54) is 18.5 Å². The monoisotopic (exact) mass is 299 g/mol. The molecule has 1 saturated carbocycles. The van der Waals surface area contributed by atoms with Crippen molar-refractivity contribution in [3.05, 3.63) is 29.8 Å². The van der Waals surface area contributed by atoms with E-state index < -0.39 is 0 Å². The molecular formula is C12H14IN. The molecule has 1 aliphatic carbocycles. The van der Waals surface area contributed by atoms with Crippen LogP contribution in [0.1, 0.15) is 24.3 Å². The maximum Gasteiger partial charge on any atom is 0.0402 e. The summed E-state index contributed by atoms with van der Waals surface area (Å²) >= 11 is 2.63. The van der Waals surface area contributed by atoms with Gasteiger partial charge in [-0.2, -0.15) is 0 Å². The zero-order chi connectivity index (χ0) is 9.71. The average molecular weight is 299 g/mol. The second-order valence-corrected chi connectivity index (χ2v) is 5.96. The van der Waals surface area contributed by atoms with Crippen molar-refractivity contribution >= 4 is 28.3 Å². The van der Waals surface area contributed by atoms with Gasteiger partial charge in [-0.05, 0) is 24.5 Å². The fourth-order valence-electron chi connectivity index (χ4n) is 3.04. The lowest BCUT2D eigenvalue weighted by molar-refractivity contribution is 0.632. The van der Waals surface area contributed by atoms with E-state index in [-0.39, 0.29) is 0 Å². The van der Waals surface area contributed by atoms with Crippen LogP contribution in [-0.4, -0.2) is 17.0 Å².